The molecule has 0 amide bonds. The van der Waals surface area contributed by atoms with Gasteiger partial charge in [-0.3, -0.25) is 0 Å². The number of ether oxygens (including phenoxy) is 1. The lowest BCUT2D eigenvalue weighted by Crippen LogP contribution is -2.19. The largest absolute Gasteiger partial charge is 0.458 e. The molecule has 1 aromatic carbocycles. The minimum absolute atomic E-state index is 0.0213. The number of benzene rings is 1. The van der Waals surface area contributed by atoms with E-state index in [4.69, 9.17) is 4.74 Å². The molecule has 1 N–H and O–H groups in total. The summed E-state index contributed by atoms with van der Waals surface area (Å²) in [5, 5.41) is 0. The zero-order valence-electron chi connectivity index (χ0n) is 9.34. The third-order valence-electron chi connectivity index (χ3n) is 1.98. The van der Waals surface area contributed by atoms with Gasteiger partial charge in [0.1, 0.15) is 6.61 Å². The van der Waals surface area contributed by atoms with E-state index in [1.807, 2.05) is 0 Å². The lowest BCUT2D eigenvalue weighted by molar-refractivity contribution is 0.0549. The van der Waals surface area contributed by atoms with E-state index >= 15 is 0 Å². The summed E-state index contributed by atoms with van der Waals surface area (Å²) in [7, 11) is -2.25. The Labute approximate surface area is 100 Å². The van der Waals surface area contributed by atoms with Gasteiger partial charge in [-0.2, -0.15) is 0 Å². The summed E-state index contributed by atoms with van der Waals surface area (Å²) in [4.78, 5) is 11.5. The van der Waals surface area contributed by atoms with Gasteiger partial charge in [-0.1, -0.05) is 18.7 Å². The van der Waals surface area contributed by atoms with E-state index in [1.165, 1.54) is 37.4 Å². The minimum Gasteiger partial charge on any atom is -0.458 e. The van der Waals surface area contributed by atoms with Crippen LogP contribution in [0.3, 0.4) is 0 Å². The molecule has 6 heteroatoms. The van der Waals surface area contributed by atoms with Gasteiger partial charge in [-0.15, -0.1) is 0 Å². The summed E-state index contributed by atoms with van der Waals surface area (Å²) in [6.07, 6.45) is 1.44. The molecule has 0 bridgehead atoms. The number of nitrogens with one attached hydrogen (secondary N) is 1. The second-order valence-electron chi connectivity index (χ2n) is 3.12. The lowest BCUT2D eigenvalue weighted by Gasteiger charge is -2.05. The van der Waals surface area contributed by atoms with Crippen molar-refractivity contribution in [1.82, 2.24) is 4.72 Å². The van der Waals surface area contributed by atoms with Gasteiger partial charge >= 0.3 is 5.97 Å². The Morgan fingerprint density at radius 1 is 1.53 bits per heavy atom. The summed E-state index contributed by atoms with van der Waals surface area (Å²) < 4.78 is 30.0. The number of sulfonamides is 1. The summed E-state index contributed by atoms with van der Waals surface area (Å²) in [6.45, 7) is 3.50. The van der Waals surface area contributed by atoms with Crippen LogP contribution in [0.1, 0.15) is 10.4 Å². The predicted octanol–water partition coefficient (Wildman–Crippen LogP) is 0.938. The first-order chi connectivity index (χ1) is 8.01. The fourth-order valence-corrected chi connectivity index (χ4v) is 1.90. The van der Waals surface area contributed by atoms with Crippen LogP contribution in [0.25, 0.3) is 0 Å². The maximum Gasteiger partial charge on any atom is 0.338 e. The highest BCUT2D eigenvalue weighted by molar-refractivity contribution is 7.89. The molecule has 0 unspecified atom stereocenters. The Morgan fingerprint density at radius 2 is 2.24 bits per heavy atom. The molecule has 0 spiro atoms. The van der Waals surface area contributed by atoms with Gasteiger partial charge in [0.2, 0.25) is 10.0 Å². The van der Waals surface area contributed by atoms with Crippen molar-refractivity contribution in [1.29, 1.82) is 0 Å². The van der Waals surface area contributed by atoms with Crippen LogP contribution in [-0.4, -0.2) is 28.0 Å². The normalized spacial score (nSPS) is 10.9. The predicted molar refractivity (Wildman–Crippen MR) is 63.2 cm³/mol. The number of hydrogen-bond acceptors (Lipinski definition) is 4. The Morgan fingerprint density at radius 3 is 2.82 bits per heavy atom. The molecule has 1 rings (SSSR count). The third-order valence-corrected chi connectivity index (χ3v) is 3.39. The van der Waals surface area contributed by atoms with E-state index in [0.717, 1.165) is 0 Å². The first-order valence-electron chi connectivity index (χ1n) is 4.83. The molecule has 5 nitrogen and oxygen atoms in total. The van der Waals surface area contributed by atoms with Crippen molar-refractivity contribution in [2.45, 2.75) is 4.90 Å². The highest BCUT2D eigenvalue weighted by Crippen LogP contribution is 2.11. The molecule has 0 aromatic heterocycles. The van der Waals surface area contributed by atoms with Crippen molar-refractivity contribution in [2.24, 2.45) is 0 Å². The third kappa shape index (κ3) is 3.40. The zero-order valence-corrected chi connectivity index (χ0v) is 10.2. The van der Waals surface area contributed by atoms with E-state index < -0.39 is 16.0 Å². The fourth-order valence-electron chi connectivity index (χ4n) is 1.13. The molecule has 0 aliphatic rings. The van der Waals surface area contributed by atoms with Gasteiger partial charge < -0.3 is 4.74 Å². The molecule has 0 atom stereocenters. The van der Waals surface area contributed by atoms with Gasteiger partial charge in [0.15, 0.2) is 0 Å². The van der Waals surface area contributed by atoms with E-state index in [1.54, 1.807) is 0 Å². The van der Waals surface area contributed by atoms with Gasteiger partial charge in [0.05, 0.1) is 10.5 Å². The maximum atomic E-state index is 11.5. The Hall–Kier alpha value is -1.66. The molecule has 0 saturated carbocycles. The average Bonchev–Trinajstić information content (AvgIpc) is 2.36. The molecule has 0 radical (unpaired) electrons. The van der Waals surface area contributed by atoms with Crippen LogP contribution < -0.4 is 4.72 Å². The molecular weight excluding hydrogens is 242 g/mol. The van der Waals surface area contributed by atoms with E-state index in [0.29, 0.717) is 0 Å². The maximum absolute atomic E-state index is 11.5. The lowest BCUT2D eigenvalue weighted by atomic mass is 10.2. The first-order valence-corrected chi connectivity index (χ1v) is 6.31. The van der Waals surface area contributed by atoms with Crippen LogP contribution >= 0.6 is 0 Å². The first kappa shape index (κ1) is 13.4. The van der Waals surface area contributed by atoms with Crippen molar-refractivity contribution < 1.29 is 17.9 Å². The van der Waals surface area contributed by atoms with Gasteiger partial charge in [0.25, 0.3) is 0 Å². The molecule has 0 aliphatic heterocycles. The van der Waals surface area contributed by atoms with Gasteiger partial charge in [0, 0.05) is 0 Å². The van der Waals surface area contributed by atoms with Crippen LogP contribution in [0.5, 0.6) is 0 Å². The number of carbonyl (C=O) groups excluding carboxylic acids is 1. The van der Waals surface area contributed by atoms with Crippen molar-refractivity contribution in [2.75, 3.05) is 13.7 Å². The zero-order chi connectivity index (χ0) is 12.9. The Kier molecular flexibility index (Phi) is 4.42. The van der Waals surface area contributed by atoms with Crippen molar-refractivity contribution in [3.05, 3.63) is 42.5 Å². The number of rotatable bonds is 5. The Bertz CT molecular complexity index is 522. The molecule has 0 heterocycles. The monoisotopic (exact) mass is 255 g/mol. The average molecular weight is 255 g/mol. The van der Waals surface area contributed by atoms with Crippen LogP contribution in [0.4, 0.5) is 0 Å². The molecule has 0 saturated heterocycles. The number of hydrogen-bond donors (Lipinski definition) is 1. The standard InChI is InChI=1S/C11H13NO4S/c1-3-7-16-11(13)9-5-4-6-10(8-9)17(14,15)12-2/h3-6,8,12H,1,7H2,2H3. The van der Waals surface area contributed by atoms with E-state index in [9.17, 15) is 13.2 Å². The van der Waals surface area contributed by atoms with Crippen LogP contribution in [0.15, 0.2) is 41.8 Å². The smallest absolute Gasteiger partial charge is 0.338 e. The fraction of sp³-hybridized carbons (Fsp3) is 0.182. The highest BCUT2D eigenvalue weighted by Gasteiger charge is 2.14. The number of carbonyl (C=O) groups is 1. The molecule has 0 fully saturated rings. The summed E-state index contributed by atoms with van der Waals surface area (Å²) >= 11 is 0. The van der Waals surface area contributed by atoms with E-state index in [-0.39, 0.29) is 17.1 Å². The molecule has 92 valence electrons. The van der Waals surface area contributed by atoms with Crippen LogP contribution in [0.2, 0.25) is 0 Å². The topological polar surface area (TPSA) is 72.5 Å². The van der Waals surface area contributed by atoms with Gasteiger partial charge in [-0.25, -0.2) is 17.9 Å². The minimum atomic E-state index is -3.55. The second kappa shape index (κ2) is 5.60. The quantitative estimate of drug-likeness (QED) is 0.627. The van der Waals surface area contributed by atoms with Crippen molar-refractivity contribution in [3.8, 4) is 0 Å². The van der Waals surface area contributed by atoms with Crippen LogP contribution in [0, 0.1) is 0 Å². The molecule has 17 heavy (non-hydrogen) atoms. The van der Waals surface area contributed by atoms with E-state index in [2.05, 4.69) is 11.3 Å². The van der Waals surface area contributed by atoms with Crippen molar-refractivity contribution in [3.63, 3.8) is 0 Å². The summed E-state index contributed by atoms with van der Waals surface area (Å²) in [5.74, 6) is -0.585. The molecular formula is C11H13NO4S. The number of esters is 1. The molecule has 0 aliphatic carbocycles. The summed E-state index contributed by atoms with van der Waals surface area (Å²) in [6, 6.07) is 5.63. The highest BCUT2D eigenvalue weighted by atomic mass is 32.2. The Balaban J connectivity index is 3.01. The van der Waals surface area contributed by atoms with Gasteiger partial charge in [-0.05, 0) is 25.2 Å². The van der Waals surface area contributed by atoms with Crippen LogP contribution in [-0.2, 0) is 14.8 Å². The van der Waals surface area contributed by atoms with Crippen molar-refractivity contribution >= 4 is 16.0 Å². The molecule has 1 aromatic rings. The summed E-state index contributed by atoms with van der Waals surface area (Å²) in [5.41, 5.74) is 0.183. The SMILES string of the molecule is C=CCOC(=O)c1cccc(S(=O)(=O)NC)c1. The second-order valence-corrected chi connectivity index (χ2v) is 5.01.